The number of nitrogens with zero attached hydrogens (tertiary/aromatic N) is 3. The maximum absolute atomic E-state index is 12.6. The van der Waals surface area contributed by atoms with Crippen molar-refractivity contribution in [2.75, 3.05) is 26.7 Å². The number of likely N-dealkylation sites (tertiary alicyclic amines) is 1. The third-order valence-electron chi connectivity index (χ3n) is 5.34. The summed E-state index contributed by atoms with van der Waals surface area (Å²) >= 11 is 0. The number of carbonyl (C=O) groups is 1. The summed E-state index contributed by atoms with van der Waals surface area (Å²) in [6.45, 7) is 4.92. The molecule has 7 nitrogen and oxygen atoms in total. The molecule has 2 fully saturated rings. The lowest BCUT2D eigenvalue weighted by molar-refractivity contribution is -0.134. The number of ether oxygens (including phenoxy) is 1. The van der Waals surface area contributed by atoms with E-state index in [4.69, 9.17) is 4.74 Å². The van der Waals surface area contributed by atoms with Crippen LogP contribution in [0.3, 0.4) is 0 Å². The first-order valence-electron chi connectivity index (χ1n) is 10.0. The van der Waals surface area contributed by atoms with Crippen molar-refractivity contribution in [2.24, 2.45) is 10.9 Å². The Hall–Kier alpha value is -2.31. The molecule has 1 aliphatic carbocycles. The van der Waals surface area contributed by atoms with Crippen molar-refractivity contribution in [1.82, 2.24) is 20.5 Å². The molecule has 7 heteroatoms. The molecule has 1 atom stereocenters. The van der Waals surface area contributed by atoms with E-state index < -0.39 is 0 Å². The van der Waals surface area contributed by atoms with E-state index in [1.807, 2.05) is 24.0 Å². The lowest BCUT2D eigenvalue weighted by Crippen LogP contribution is -2.45. The SMILES string of the molecule is CCNC(=NCc1cccnc1OC)NC1CCN(C(=O)C2CCCC2)C1. The summed E-state index contributed by atoms with van der Waals surface area (Å²) in [5, 5.41) is 6.77. The highest BCUT2D eigenvalue weighted by molar-refractivity contribution is 5.81. The van der Waals surface area contributed by atoms with Gasteiger partial charge >= 0.3 is 0 Å². The van der Waals surface area contributed by atoms with Crippen LogP contribution >= 0.6 is 0 Å². The van der Waals surface area contributed by atoms with Gasteiger partial charge in [0.25, 0.3) is 0 Å². The fraction of sp³-hybridized carbons (Fsp3) is 0.650. The quantitative estimate of drug-likeness (QED) is 0.588. The summed E-state index contributed by atoms with van der Waals surface area (Å²) in [4.78, 5) is 23.5. The van der Waals surface area contributed by atoms with Gasteiger partial charge in [0.15, 0.2) is 5.96 Å². The fourth-order valence-electron chi connectivity index (χ4n) is 3.92. The zero-order valence-electron chi connectivity index (χ0n) is 16.4. The Kier molecular flexibility index (Phi) is 6.90. The molecule has 1 amide bonds. The fourth-order valence-corrected chi connectivity index (χ4v) is 3.92. The summed E-state index contributed by atoms with van der Waals surface area (Å²) in [5.74, 6) is 1.97. The van der Waals surface area contributed by atoms with Gasteiger partial charge in [0.1, 0.15) is 0 Å². The molecule has 148 valence electrons. The van der Waals surface area contributed by atoms with Crippen LogP contribution < -0.4 is 15.4 Å². The largest absolute Gasteiger partial charge is 0.481 e. The number of methoxy groups -OCH3 is 1. The molecule has 2 aliphatic rings. The molecule has 3 rings (SSSR count). The van der Waals surface area contributed by atoms with Crippen LogP contribution in [0.4, 0.5) is 0 Å². The van der Waals surface area contributed by atoms with Crippen LogP contribution in [-0.4, -0.2) is 54.5 Å². The predicted molar refractivity (Wildman–Crippen MR) is 106 cm³/mol. The Morgan fingerprint density at radius 1 is 1.37 bits per heavy atom. The maximum Gasteiger partial charge on any atom is 0.225 e. The van der Waals surface area contributed by atoms with Crippen molar-refractivity contribution in [2.45, 2.75) is 51.6 Å². The molecule has 2 N–H and O–H groups in total. The summed E-state index contributed by atoms with van der Waals surface area (Å²) < 4.78 is 5.29. The Morgan fingerprint density at radius 3 is 2.93 bits per heavy atom. The van der Waals surface area contributed by atoms with Gasteiger partial charge in [-0.1, -0.05) is 18.9 Å². The van der Waals surface area contributed by atoms with E-state index in [1.165, 1.54) is 12.8 Å². The van der Waals surface area contributed by atoms with E-state index in [1.54, 1.807) is 13.3 Å². The van der Waals surface area contributed by atoms with Crippen molar-refractivity contribution in [3.63, 3.8) is 0 Å². The number of carbonyl (C=O) groups excluding carboxylic acids is 1. The number of pyridine rings is 1. The van der Waals surface area contributed by atoms with E-state index in [0.29, 0.717) is 18.3 Å². The first-order chi connectivity index (χ1) is 13.2. The smallest absolute Gasteiger partial charge is 0.225 e. The highest BCUT2D eigenvalue weighted by Gasteiger charge is 2.32. The lowest BCUT2D eigenvalue weighted by atomic mass is 10.1. The first kappa shape index (κ1) is 19.5. The minimum Gasteiger partial charge on any atom is -0.481 e. The standard InChI is InChI=1S/C20H31N5O2/c1-3-21-20(23-13-16-9-6-11-22-18(16)27-2)24-17-10-12-25(14-17)19(26)15-7-4-5-8-15/h6,9,11,15,17H,3-5,7-8,10,12-14H2,1-2H3,(H2,21,23,24). The van der Waals surface area contributed by atoms with Gasteiger partial charge in [0.05, 0.1) is 13.7 Å². The van der Waals surface area contributed by atoms with Crippen molar-refractivity contribution in [1.29, 1.82) is 0 Å². The molecule has 0 bridgehead atoms. The van der Waals surface area contributed by atoms with Crippen molar-refractivity contribution >= 4 is 11.9 Å². The first-order valence-corrected chi connectivity index (χ1v) is 10.0. The number of aliphatic imine (C=N–C) groups is 1. The highest BCUT2D eigenvalue weighted by Crippen LogP contribution is 2.27. The number of guanidine groups is 1. The van der Waals surface area contributed by atoms with Gasteiger partial charge in [0.2, 0.25) is 11.8 Å². The van der Waals surface area contributed by atoms with Crippen molar-refractivity contribution < 1.29 is 9.53 Å². The van der Waals surface area contributed by atoms with Crippen molar-refractivity contribution in [3.8, 4) is 5.88 Å². The molecule has 0 radical (unpaired) electrons. The number of hydrogen-bond donors (Lipinski definition) is 2. The second kappa shape index (κ2) is 9.58. The molecule has 2 heterocycles. The second-order valence-electron chi connectivity index (χ2n) is 7.26. The molecule has 1 unspecified atom stereocenters. The maximum atomic E-state index is 12.6. The van der Waals surface area contributed by atoms with Crippen LogP contribution in [0.1, 0.15) is 44.6 Å². The van der Waals surface area contributed by atoms with E-state index in [9.17, 15) is 4.79 Å². The van der Waals surface area contributed by atoms with Crippen LogP contribution in [0.5, 0.6) is 5.88 Å². The molecular formula is C20H31N5O2. The summed E-state index contributed by atoms with van der Waals surface area (Å²) in [5.41, 5.74) is 0.946. The Balaban J connectivity index is 1.57. The topological polar surface area (TPSA) is 78.9 Å². The average molecular weight is 374 g/mol. The number of hydrogen-bond acceptors (Lipinski definition) is 4. The van der Waals surface area contributed by atoms with E-state index in [2.05, 4.69) is 20.6 Å². The Morgan fingerprint density at radius 2 is 2.19 bits per heavy atom. The summed E-state index contributed by atoms with van der Waals surface area (Å²) in [7, 11) is 1.62. The Labute approximate surface area is 161 Å². The molecular weight excluding hydrogens is 342 g/mol. The number of amides is 1. The molecule has 0 spiro atoms. The number of aromatic nitrogens is 1. The molecule has 1 aliphatic heterocycles. The lowest BCUT2D eigenvalue weighted by Gasteiger charge is -2.21. The molecule has 1 saturated carbocycles. The van der Waals surface area contributed by atoms with Gasteiger partial charge in [0, 0.05) is 43.4 Å². The molecule has 1 aromatic rings. The minimum atomic E-state index is 0.240. The summed E-state index contributed by atoms with van der Waals surface area (Å²) in [6.07, 6.45) is 7.18. The zero-order chi connectivity index (χ0) is 19.1. The average Bonchev–Trinajstić information content (AvgIpc) is 3.38. The normalized spacial score (nSPS) is 20.7. The van der Waals surface area contributed by atoms with Crippen LogP contribution in [0, 0.1) is 5.92 Å². The van der Waals surface area contributed by atoms with Gasteiger partial charge in [-0.2, -0.15) is 0 Å². The van der Waals surface area contributed by atoms with E-state index in [-0.39, 0.29) is 12.0 Å². The van der Waals surface area contributed by atoms with Crippen molar-refractivity contribution in [3.05, 3.63) is 23.9 Å². The van der Waals surface area contributed by atoms with Gasteiger partial charge in [-0.25, -0.2) is 9.98 Å². The van der Waals surface area contributed by atoms with Crippen LogP contribution in [-0.2, 0) is 11.3 Å². The summed E-state index contributed by atoms with van der Waals surface area (Å²) in [6, 6.07) is 4.09. The highest BCUT2D eigenvalue weighted by atomic mass is 16.5. The molecule has 1 aromatic heterocycles. The Bertz CT molecular complexity index is 658. The third-order valence-corrected chi connectivity index (χ3v) is 5.34. The molecule has 0 aromatic carbocycles. The number of nitrogens with one attached hydrogen (secondary N) is 2. The van der Waals surface area contributed by atoms with Gasteiger partial charge in [-0.05, 0) is 32.3 Å². The van der Waals surface area contributed by atoms with Crippen LogP contribution in [0.2, 0.25) is 0 Å². The monoisotopic (exact) mass is 373 g/mol. The molecule has 27 heavy (non-hydrogen) atoms. The molecule has 1 saturated heterocycles. The number of rotatable bonds is 6. The minimum absolute atomic E-state index is 0.240. The van der Waals surface area contributed by atoms with Gasteiger partial charge in [-0.3, -0.25) is 4.79 Å². The second-order valence-corrected chi connectivity index (χ2v) is 7.26. The van der Waals surface area contributed by atoms with E-state index in [0.717, 1.165) is 50.4 Å². The zero-order valence-corrected chi connectivity index (χ0v) is 16.4. The third kappa shape index (κ3) is 5.11. The van der Waals surface area contributed by atoms with Crippen LogP contribution in [0.15, 0.2) is 23.3 Å². The van der Waals surface area contributed by atoms with Gasteiger partial charge in [-0.15, -0.1) is 0 Å². The predicted octanol–water partition coefficient (Wildman–Crippen LogP) is 1.94. The van der Waals surface area contributed by atoms with Gasteiger partial charge < -0.3 is 20.3 Å². The van der Waals surface area contributed by atoms with E-state index >= 15 is 0 Å². The van der Waals surface area contributed by atoms with Crippen LogP contribution in [0.25, 0.3) is 0 Å².